The van der Waals surface area contributed by atoms with Gasteiger partial charge in [-0.15, -0.1) is 0 Å². The Morgan fingerprint density at radius 2 is 2.35 bits per heavy atom. The van der Waals surface area contributed by atoms with Gasteiger partial charge in [0.05, 0.1) is 11.7 Å². The lowest BCUT2D eigenvalue weighted by Crippen LogP contribution is -2.65. The van der Waals surface area contributed by atoms with Gasteiger partial charge in [0, 0.05) is 59.2 Å². The van der Waals surface area contributed by atoms with Crippen molar-refractivity contribution in [3.05, 3.63) is 30.1 Å². The van der Waals surface area contributed by atoms with Crippen molar-refractivity contribution in [3.63, 3.8) is 0 Å². The van der Waals surface area contributed by atoms with Crippen LogP contribution in [0.4, 0.5) is 0 Å². The van der Waals surface area contributed by atoms with Crippen LogP contribution in [0.5, 0.6) is 0 Å². The van der Waals surface area contributed by atoms with Crippen LogP contribution >= 0.6 is 0 Å². The molecule has 1 atom stereocenters. The van der Waals surface area contributed by atoms with E-state index >= 15 is 0 Å². The maximum absolute atomic E-state index is 11.6. The highest BCUT2D eigenvalue weighted by atomic mass is 16.5. The van der Waals surface area contributed by atoms with Gasteiger partial charge in [-0.1, -0.05) is 6.07 Å². The van der Waals surface area contributed by atoms with E-state index in [9.17, 15) is 4.79 Å². The Hall–Kier alpha value is -1.50. The maximum Gasteiger partial charge on any atom is 0.248 e. The van der Waals surface area contributed by atoms with Gasteiger partial charge in [-0.05, 0) is 18.1 Å². The topological polar surface area (TPSA) is 54.9 Å². The van der Waals surface area contributed by atoms with E-state index in [2.05, 4.69) is 16.0 Å². The number of ether oxygens (including phenoxy) is 2. The van der Waals surface area contributed by atoms with Crippen molar-refractivity contribution in [2.45, 2.75) is 31.1 Å². The zero-order valence-corrected chi connectivity index (χ0v) is 13.9. The molecule has 1 aromatic heterocycles. The van der Waals surface area contributed by atoms with Crippen molar-refractivity contribution in [1.29, 1.82) is 0 Å². The first kappa shape index (κ1) is 16.4. The smallest absolute Gasteiger partial charge is 0.248 e. The quantitative estimate of drug-likeness (QED) is 0.808. The van der Waals surface area contributed by atoms with Crippen molar-refractivity contribution >= 4 is 5.91 Å². The molecule has 0 aromatic carbocycles. The van der Waals surface area contributed by atoms with Crippen molar-refractivity contribution in [2.24, 2.45) is 0 Å². The monoisotopic (exact) mass is 319 g/mol. The molecule has 0 bridgehead atoms. The number of amides is 1. The van der Waals surface area contributed by atoms with Gasteiger partial charge in [-0.3, -0.25) is 14.7 Å². The summed E-state index contributed by atoms with van der Waals surface area (Å²) >= 11 is 0. The highest BCUT2D eigenvalue weighted by molar-refractivity contribution is 5.76. The zero-order valence-electron chi connectivity index (χ0n) is 13.9. The molecule has 0 saturated carbocycles. The number of pyridine rings is 1. The minimum absolute atomic E-state index is 0.0114. The summed E-state index contributed by atoms with van der Waals surface area (Å²) in [5, 5.41) is 0. The summed E-state index contributed by atoms with van der Waals surface area (Å²) in [5.74, 6) is 0.0114. The lowest BCUT2D eigenvalue weighted by molar-refractivity contribution is -0.200. The largest absolute Gasteiger partial charge is 0.372 e. The van der Waals surface area contributed by atoms with Gasteiger partial charge >= 0.3 is 0 Å². The van der Waals surface area contributed by atoms with Gasteiger partial charge < -0.3 is 14.4 Å². The Morgan fingerprint density at radius 3 is 3.04 bits per heavy atom. The number of rotatable bonds is 5. The summed E-state index contributed by atoms with van der Waals surface area (Å²) in [6.45, 7) is 3.62. The van der Waals surface area contributed by atoms with Gasteiger partial charge in [0.2, 0.25) is 5.91 Å². The third kappa shape index (κ3) is 4.07. The second kappa shape index (κ2) is 6.95. The number of hydrogen-bond acceptors (Lipinski definition) is 5. The number of likely N-dealkylation sites (N-methyl/N-ethyl adjacent to an activating group) is 1. The molecule has 1 amide bonds. The fourth-order valence-corrected chi connectivity index (χ4v) is 3.29. The molecule has 0 N–H and O–H groups in total. The van der Waals surface area contributed by atoms with Crippen LogP contribution in [0.25, 0.3) is 0 Å². The van der Waals surface area contributed by atoms with Gasteiger partial charge in [0.15, 0.2) is 0 Å². The molecular weight excluding hydrogens is 294 g/mol. The average molecular weight is 319 g/mol. The fraction of sp³-hybridized carbons (Fsp3) is 0.647. The van der Waals surface area contributed by atoms with Gasteiger partial charge in [-0.25, -0.2) is 0 Å². The summed E-state index contributed by atoms with van der Waals surface area (Å²) in [4.78, 5) is 19.7. The molecule has 23 heavy (non-hydrogen) atoms. The molecule has 0 aliphatic carbocycles. The van der Waals surface area contributed by atoms with Crippen LogP contribution in [0, 0.1) is 0 Å². The van der Waals surface area contributed by atoms with Crippen LogP contribution in [-0.4, -0.2) is 72.8 Å². The second-order valence-corrected chi connectivity index (χ2v) is 6.75. The molecule has 1 aromatic rings. The van der Waals surface area contributed by atoms with E-state index in [4.69, 9.17) is 9.47 Å². The normalized spacial score (nSPS) is 23.5. The zero-order chi connectivity index (χ0) is 16.3. The Morgan fingerprint density at radius 1 is 1.52 bits per heavy atom. The van der Waals surface area contributed by atoms with Crippen LogP contribution in [0.3, 0.4) is 0 Å². The molecule has 1 unspecified atom stereocenters. The summed E-state index contributed by atoms with van der Waals surface area (Å²) in [6.07, 6.45) is 5.56. The third-order valence-electron chi connectivity index (χ3n) is 4.54. The molecule has 6 heteroatoms. The van der Waals surface area contributed by atoms with Crippen molar-refractivity contribution < 1.29 is 14.3 Å². The molecule has 1 spiro atoms. The lowest BCUT2D eigenvalue weighted by Gasteiger charge is -2.53. The van der Waals surface area contributed by atoms with Crippen LogP contribution < -0.4 is 0 Å². The number of carbonyl (C=O) groups excluding carboxylic acids is 1. The number of nitrogens with zero attached hydrogens (tertiary/aromatic N) is 3. The van der Waals surface area contributed by atoms with Crippen LogP contribution in [0.1, 0.15) is 18.4 Å². The van der Waals surface area contributed by atoms with Gasteiger partial charge in [0.25, 0.3) is 0 Å². The SMILES string of the molecule is CN(C)C(=O)COC1CCOC2(C1)CN(Cc1cccnc1)C2. The number of hydrogen-bond donors (Lipinski definition) is 0. The molecule has 2 saturated heterocycles. The molecule has 3 heterocycles. The molecule has 6 nitrogen and oxygen atoms in total. The number of carbonyl (C=O) groups is 1. The predicted molar refractivity (Wildman–Crippen MR) is 85.9 cm³/mol. The minimum atomic E-state index is -0.0910. The van der Waals surface area contributed by atoms with E-state index in [1.807, 2.05) is 12.3 Å². The van der Waals surface area contributed by atoms with E-state index in [1.54, 1.807) is 25.2 Å². The van der Waals surface area contributed by atoms with E-state index in [-0.39, 0.29) is 24.2 Å². The number of likely N-dealkylation sites (tertiary alicyclic amines) is 1. The average Bonchev–Trinajstić information content (AvgIpc) is 2.52. The highest BCUT2D eigenvalue weighted by Crippen LogP contribution is 2.35. The summed E-state index contributed by atoms with van der Waals surface area (Å²) < 4.78 is 11.8. The lowest BCUT2D eigenvalue weighted by atomic mass is 9.84. The summed E-state index contributed by atoms with van der Waals surface area (Å²) in [5.41, 5.74) is 1.13. The Bertz CT molecular complexity index is 529. The Kier molecular flexibility index (Phi) is 4.94. The van der Waals surface area contributed by atoms with Crippen molar-refractivity contribution in [2.75, 3.05) is 40.4 Å². The highest BCUT2D eigenvalue weighted by Gasteiger charge is 2.47. The standard InChI is InChI=1S/C17H25N3O3/c1-19(2)16(21)11-22-15-5-7-23-17(8-15)12-20(13-17)10-14-4-3-6-18-9-14/h3-4,6,9,15H,5,7-8,10-13H2,1-2H3. The molecule has 126 valence electrons. The fourth-order valence-electron chi connectivity index (χ4n) is 3.29. The summed E-state index contributed by atoms with van der Waals surface area (Å²) in [6, 6.07) is 4.06. The van der Waals surface area contributed by atoms with Gasteiger partial charge in [0.1, 0.15) is 6.61 Å². The number of aromatic nitrogens is 1. The molecule has 2 aliphatic rings. The van der Waals surface area contributed by atoms with Crippen LogP contribution in [0.2, 0.25) is 0 Å². The van der Waals surface area contributed by atoms with E-state index in [1.165, 1.54) is 5.56 Å². The van der Waals surface area contributed by atoms with Crippen LogP contribution in [0.15, 0.2) is 24.5 Å². The van der Waals surface area contributed by atoms with E-state index < -0.39 is 0 Å². The van der Waals surface area contributed by atoms with Gasteiger partial charge in [-0.2, -0.15) is 0 Å². The Balaban J connectivity index is 1.45. The third-order valence-corrected chi connectivity index (χ3v) is 4.54. The first-order chi connectivity index (χ1) is 11.1. The first-order valence-electron chi connectivity index (χ1n) is 8.13. The Labute approximate surface area is 137 Å². The molecule has 3 rings (SSSR count). The second-order valence-electron chi connectivity index (χ2n) is 6.75. The molecule has 2 aliphatic heterocycles. The van der Waals surface area contributed by atoms with Crippen LogP contribution in [-0.2, 0) is 20.8 Å². The molecule has 0 radical (unpaired) electrons. The van der Waals surface area contributed by atoms with E-state index in [0.717, 1.165) is 32.5 Å². The molecule has 2 fully saturated rings. The van der Waals surface area contributed by atoms with E-state index in [0.29, 0.717) is 6.61 Å². The first-order valence-corrected chi connectivity index (χ1v) is 8.13. The maximum atomic E-state index is 11.6. The summed E-state index contributed by atoms with van der Waals surface area (Å²) in [7, 11) is 3.50. The van der Waals surface area contributed by atoms with Crippen molar-refractivity contribution in [1.82, 2.24) is 14.8 Å². The van der Waals surface area contributed by atoms with Crippen molar-refractivity contribution in [3.8, 4) is 0 Å². The molecular formula is C17H25N3O3. The predicted octanol–water partition coefficient (Wildman–Crippen LogP) is 0.920. The minimum Gasteiger partial charge on any atom is -0.372 e.